The molecule has 0 aliphatic heterocycles. The van der Waals surface area contributed by atoms with Gasteiger partial charge in [0.25, 0.3) is 0 Å². The molecular weight excluding hydrogens is 367 g/mol. The first-order valence-electron chi connectivity index (χ1n) is 8.92. The molecule has 2 aromatic carbocycles. The van der Waals surface area contributed by atoms with Gasteiger partial charge >= 0.3 is 7.82 Å². The molecular formula is C20H25O6P. The second-order valence-corrected chi connectivity index (χ2v) is 7.55. The van der Waals surface area contributed by atoms with Gasteiger partial charge in [0.2, 0.25) is 0 Å². The number of benzene rings is 2. The Morgan fingerprint density at radius 3 is 1.96 bits per heavy atom. The van der Waals surface area contributed by atoms with Gasteiger partial charge in [0.15, 0.2) is 0 Å². The van der Waals surface area contributed by atoms with Crippen molar-refractivity contribution in [3.05, 3.63) is 60.7 Å². The maximum Gasteiger partial charge on any atom is 0.587 e. The van der Waals surface area contributed by atoms with Gasteiger partial charge in [-0.15, -0.1) is 0 Å². The van der Waals surface area contributed by atoms with Crippen LogP contribution in [0.2, 0.25) is 0 Å². The normalized spacial score (nSPS) is 13.6. The fourth-order valence-corrected chi connectivity index (χ4v) is 3.73. The van der Waals surface area contributed by atoms with Crippen LogP contribution in [0.1, 0.15) is 26.2 Å². The minimum atomic E-state index is -3.98. The number of hydrogen-bond acceptors (Lipinski definition) is 6. The Hall–Kier alpha value is -2.14. The number of rotatable bonds is 12. The number of carbonyl (C=O) groups is 1. The molecule has 0 heterocycles. The van der Waals surface area contributed by atoms with Crippen molar-refractivity contribution in [2.24, 2.45) is 5.92 Å². The van der Waals surface area contributed by atoms with Crippen LogP contribution in [0.4, 0.5) is 0 Å². The topological polar surface area (TPSA) is 82.1 Å². The third-order valence-electron chi connectivity index (χ3n) is 4.02. The van der Waals surface area contributed by atoms with Gasteiger partial charge in [-0.25, -0.2) is 4.57 Å². The van der Waals surface area contributed by atoms with E-state index in [9.17, 15) is 14.5 Å². The summed E-state index contributed by atoms with van der Waals surface area (Å²) in [7, 11) is -3.98. The van der Waals surface area contributed by atoms with Crippen molar-refractivity contribution >= 4 is 14.1 Å². The van der Waals surface area contributed by atoms with E-state index in [4.69, 9.17) is 13.6 Å². The van der Waals surface area contributed by atoms with Gasteiger partial charge in [0.1, 0.15) is 17.8 Å². The van der Waals surface area contributed by atoms with Crippen LogP contribution in [-0.2, 0) is 13.9 Å². The molecule has 2 atom stereocenters. The molecule has 0 bridgehead atoms. The summed E-state index contributed by atoms with van der Waals surface area (Å²) in [5, 5.41) is 10.2. The molecule has 0 radical (unpaired) electrons. The molecule has 0 spiro atoms. The molecule has 0 aliphatic rings. The van der Waals surface area contributed by atoms with Crippen LogP contribution >= 0.6 is 7.82 Å². The Labute approximate surface area is 159 Å². The Morgan fingerprint density at radius 2 is 1.52 bits per heavy atom. The van der Waals surface area contributed by atoms with Crippen LogP contribution in [-0.4, -0.2) is 24.1 Å². The molecule has 0 aromatic heterocycles. The second-order valence-electron chi connectivity index (χ2n) is 6.03. The lowest BCUT2D eigenvalue weighted by Crippen LogP contribution is -2.25. The highest BCUT2D eigenvalue weighted by molar-refractivity contribution is 7.49. The lowest BCUT2D eigenvalue weighted by molar-refractivity contribution is -0.108. The molecule has 6 nitrogen and oxygen atoms in total. The number of aldehydes is 1. The zero-order valence-electron chi connectivity index (χ0n) is 15.3. The molecule has 2 unspecified atom stereocenters. The summed E-state index contributed by atoms with van der Waals surface area (Å²) in [6.07, 6.45) is 1.21. The Balaban J connectivity index is 2.11. The maximum absolute atomic E-state index is 13.2. The van der Waals surface area contributed by atoms with Crippen LogP contribution in [0, 0.1) is 5.92 Å². The monoisotopic (exact) mass is 392 g/mol. The predicted octanol–water partition coefficient (Wildman–Crippen LogP) is 4.64. The van der Waals surface area contributed by atoms with E-state index in [1.165, 1.54) is 0 Å². The molecule has 0 fully saturated rings. The SMILES string of the molecule is CCC(COP(=O)(Oc1ccccc1)Oc1ccccc1)C(O)CCC=O. The minimum absolute atomic E-state index is 0.0204. The van der Waals surface area contributed by atoms with Gasteiger partial charge in [0, 0.05) is 12.3 Å². The first-order valence-corrected chi connectivity index (χ1v) is 10.4. The highest BCUT2D eigenvalue weighted by Crippen LogP contribution is 2.50. The largest absolute Gasteiger partial charge is 0.587 e. The third kappa shape index (κ3) is 7.18. The summed E-state index contributed by atoms with van der Waals surface area (Å²) in [5.74, 6) is 0.412. The third-order valence-corrected chi connectivity index (χ3v) is 5.35. The quantitative estimate of drug-likeness (QED) is 0.419. The highest BCUT2D eigenvalue weighted by Gasteiger charge is 2.33. The number of carbonyl (C=O) groups excluding carboxylic acids is 1. The summed E-state index contributed by atoms with van der Waals surface area (Å²) in [6.45, 7) is 1.87. The summed E-state index contributed by atoms with van der Waals surface area (Å²) >= 11 is 0. The number of hydrogen-bond donors (Lipinski definition) is 1. The van der Waals surface area contributed by atoms with E-state index in [2.05, 4.69) is 0 Å². The van der Waals surface area contributed by atoms with Crippen molar-refractivity contribution in [3.8, 4) is 11.5 Å². The van der Waals surface area contributed by atoms with Crippen molar-refractivity contribution in [1.82, 2.24) is 0 Å². The van der Waals surface area contributed by atoms with Gasteiger partial charge in [-0.3, -0.25) is 4.52 Å². The predicted molar refractivity (Wildman–Crippen MR) is 103 cm³/mol. The molecule has 0 amide bonds. The van der Waals surface area contributed by atoms with Gasteiger partial charge in [-0.1, -0.05) is 43.3 Å². The van der Waals surface area contributed by atoms with Gasteiger partial charge < -0.3 is 18.9 Å². The van der Waals surface area contributed by atoms with E-state index in [1.54, 1.807) is 48.5 Å². The van der Waals surface area contributed by atoms with Crippen molar-refractivity contribution in [2.75, 3.05) is 6.61 Å². The van der Waals surface area contributed by atoms with Crippen LogP contribution in [0.25, 0.3) is 0 Å². The molecule has 27 heavy (non-hydrogen) atoms. The van der Waals surface area contributed by atoms with Crippen molar-refractivity contribution in [3.63, 3.8) is 0 Å². The van der Waals surface area contributed by atoms with E-state index in [1.807, 2.05) is 19.1 Å². The van der Waals surface area contributed by atoms with E-state index in [-0.39, 0.29) is 18.9 Å². The first-order chi connectivity index (χ1) is 13.1. The summed E-state index contributed by atoms with van der Waals surface area (Å²) in [6, 6.07) is 17.2. The van der Waals surface area contributed by atoms with Crippen LogP contribution in [0.5, 0.6) is 11.5 Å². The Kier molecular flexibility index (Phi) is 8.52. The number of para-hydroxylation sites is 2. The average Bonchev–Trinajstić information content (AvgIpc) is 2.68. The zero-order valence-corrected chi connectivity index (χ0v) is 16.2. The Morgan fingerprint density at radius 1 is 1.00 bits per heavy atom. The summed E-state index contributed by atoms with van der Waals surface area (Å²) in [5.41, 5.74) is 0. The van der Waals surface area contributed by atoms with E-state index in [0.717, 1.165) is 6.29 Å². The smallest absolute Gasteiger partial charge is 0.395 e. The van der Waals surface area contributed by atoms with Crippen LogP contribution in [0.15, 0.2) is 60.7 Å². The number of aliphatic hydroxyl groups is 1. The maximum atomic E-state index is 13.2. The molecule has 2 aromatic rings. The molecule has 0 saturated heterocycles. The van der Waals surface area contributed by atoms with Crippen molar-refractivity contribution < 1.29 is 28.0 Å². The first kappa shape index (κ1) is 21.2. The second kappa shape index (κ2) is 10.9. The lowest BCUT2D eigenvalue weighted by atomic mass is 9.97. The van der Waals surface area contributed by atoms with Gasteiger partial charge in [0.05, 0.1) is 12.7 Å². The minimum Gasteiger partial charge on any atom is -0.395 e. The molecule has 7 heteroatoms. The fourth-order valence-electron chi connectivity index (χ4n) is 2.45. The standard InChI is InChI=1S/C20H25O6P/c1-2-17(20(22)14-9-15-21)16-24-27(23,25-18-10-5-3-6-11-18)26-19-12-7-4-8-13-19/h3-8,10-13,15,17,20,22H,2,9,14,16H2,1H3. The van der Waals surface area contributed by atoms with Crippen molar-refractivity contribution in [2.45, 2.75) is 32.3 Å². The zero-order chi connectivity index (χ0) is 19.5. The Bertz CT molecular complexity index is 676. The number of aliphatic hydroxyl groups excluding tert-OH is 1. The number of phosphoric acid groups is 1. The van der Waals surface area contributed by atoms with Gasteiger partial charge in [-0.05, 0) is 37.1 Å². The molecule has 146 valence electrons. The molecule has 0 saturated carbocycles. The van der Waals surface area contributed by atoms with Crippen molar-refractivity contribution in [1.29, 1.82) is 0 Å². The summed E-state index contributed by atoms with van der Waals surface area (Å²) < 4.78 is 29.8. The fraction of sp³-hybridized carbons (Fsp3) is 0.350. The van der Waals surface area contributed by atoms with E-state index >= 15 is 0 Å². The number of phosphoric ester groups is 1. The van der Waals surface area contributed by atoms with Crippen LogP contribution in [0.3, 0.4) is 0 Å². The van der Waals surface area contributed by atoms with E-state index < -0.39 is 13.9 Å². The average molecular weight is 392 g/mol. The van der Waals surface area contributed by atoms with Crippen LogP contribution < -0.4 is 9.05 Å². The van der Waals surface area contributed by atoms with E-state index in [0.29, 0.717) is 24.3 Å². The highest BCUT2D eigenvalue weighted by atomic mass is 31.2. The van der Waals surface area contributed by atoms with Gasteiger partial charge in [-0.2, -0.15) is 0 Å². The lowest BCUT2D eigenvalue weighted by Gasteiger charge is -2.24. The molecule has 0 aliphatic carbocycles. The summed E-state index contributed by atoms with van der Waals surface area (Å²) in [4.78, 5) is 10.5. The molecule has 1 N–H and O–H groups in total. The molecule has 2 rings (SSSR count).